The quantitative estimate of drug-likeness (QED) is 0.209. The summed E-state index contributed by atoms with van der Waals surface area (Å²) in [5, 5.41) is 9.99. The van der Waals surface area contributed by atoms with Gasteiger partial charge in [-0.25, -0.2) is 4.98 Å². The number of aliphatic hydroxyl groups is 1. The van der Waals surface area contributed by atoms with Crippen LogP contribution in [0.3, 0.4) is 0 Å². The standard InChI is InChI=1S/C26H30ClF3N4O4S/c1-2-3-4-5-6-11-23-32-24(27)22(17-35)33(23)16-18-12-14-19(15-13-18)34(39(37,38)26(28,29)30)25(36)20-9-7-8-10-21(20)31/h7-10,12-15,35H,2-6,11,16-17,31H2,1H3. The molecule has 39 heavy (non-hydrogen) atoms. The molecule has 1 heterocycles. The number of hydrogen-bond donors (Lipinski definition) is 2. The molecule has 0 aliphatic heterocycles. The molecule has 0 aliphatic carbocycles. The summed E-state index contributed by atoms with van der Waals surface area (Å²) in [6, 6.07) is 10.3. The van der Waals surface area contributed by atoms with Gasteiger partial charge in [0.25, 0.3) is 5.91 Å². The second kappa shape index (κ2) is 12.8. The Bertz CT molecular complexity index is 1390. The van der Waals surface area contributed by atoms with Gasteiger partial charge in [-0.2, -0.15) is 25.9 Å². The van der Waals surface area contributed by atoms with Gasteiger partial charge >= 0.3 is 15.5 Å². The molecule has 0 bridgehead atoms. The van der Waals surface area contributed by atoms with Crippen molar-refractivity contribution in [1.29, 1.82) is 0 Å². The van der Waals surface area contributed by atoms with Gasteiger partial charge < -0.3 is 15.4 Å². The molecule has 0 radical (unpaired) electrons. The topological polar surface area (TPSA) is 119 Å². The van der Waals surface area contributed by atoms with Crippen LogP contribution in [0, 0.1) is 0 Å². The molecule has 0 atom stereocenters. The lowest BCUT2D eigenvalue weighted by Crippen LogP contribution is -2.44. The molecule has 0 aliphatic rings. The molecular formula is C26H30ClF3N4O4S. The van der Waals surface area contributed by atoms with Gasteiger partial charge in [0.05, 0.1) is 23.6 Å². The number of amides is 1. The Labute approximate surface area is 230 Å². The number of benzene rings is 2. The third-order valence-corrected chi connectivity index (χ3v) is 7.92. The van der Waals surface area contributed by atoms with E-state index in [1.807, 2.05) is 0 Å². The number of aromatic nitrogens is 2. The number of sulfonamides is 1. The SMILES string of the molecule is CCCCCCCc1nc(Cl)c(CO)n1Cc1ccc(N(C(=O)c2ccccc2N)S(=O)(=O)C(F)(F)F)cc1. The first-order valence-corrected chi connectivity index (χ1v) is 14.2. The van der Waals surface area contributed by atoms with Crippen LogP contribution in [-0.4, -0.2) is 34.5 Å². The number of halogens is 4. The van der Waals surface area contributed by atoms with Crippen molar-refractivity contribution in [1.82, 2.24) is 9.55 Å². The summed E-state index contributed by atoms with van der Waals surface area (Å²) in [5.41, 5.74) is -0.115. The van der Waals surface area contributed by atoms with Crippen molar-refractivity contribution in [2.24, 2.45) is 0 Å². The molecule has 0 saturated heterocycles. The number of nitrogen functional groups attached to an aromatic ring is 1. The van der Waals surface area contributed by atoms with Gasteiger partial charge in [-0.15, -0.1) is 0 Å². The van der Waals surface area contributed by atoms with Crippen molar-refractivity contribution < 1.29 is 31.5 Å². The molecule has 8 nitrogen and oxygen atoms in total. The number of para-hydroxylation sites is 1. The fourth-order valence-electron chi connectivity index (χ4n) is 4.11. The Balaban J connectivity index is 1.93. The number of rotatable bonds is 12. The minimum atomic E-state index is -6.10. The summed E-state index contributed by atoms with van der Waals surface area (Å²) in [6.07, 6.45) is 5.81. The van der Waals surface area contributed by atoms with E-state index in [1.54, 1.807) is 4.57 Å². The van der Waals surface area contributed by atoms with E-state index in [9.17, 15) is 31.5 Å². The zero-order valence-corrected chi connectivity index (χ0v) is 22.9. The minimum absolute atomic E-state index is 0.158. The number of unbranched alkanes of at least 4 members (excludes halogenated alkanes) is 4. The molecule has 0 unspecified atom stereocenters. The predicted octanol–water partition coefficient (Wildman–Crippen LogP) is 5.67. The van der Waals surface area contributed by atoms with E-state index < -0.39 is 32.7 Å². The average Bonchev–Trinajstić information content (AvgIpc) is 3.18. The van der Waals surface area contributed by atoms with Crippen LogP contribution >= 0.6 is 11.6 Å². The number of alkyl halides is 3. The van der Waals surface area contributed by atoms with E-state index in [2.05, 4.69) is 11.9 Å². The van der Waals surface area contributed by atoms with Crippen LogP contribution in [0.1, 0.15) is 66.5 Å². The summed E-state index contributed by atoms with van der Waals surface area (Å²) in [6.45, 7) is 1.92. The smallest absolute Gasteiger partial charge is 0.398 e. The van der Waals surface area contributed by atoms with Crippen LogP contribution in [0.25, 0.3) is 0 Å². The van der Waals surface area contributed by atoms with Crippen LogP contribution in [0.2, 0.25) is 5.15 Å². The Morgan fingerprint density at radius 3 is 2.31 bits per heavy atom. The van der Waals surface area contributed by atoms with E-state index in [0.717, 1.165) is 50.3 Å². The third kappa shape index (κ3) is 6.92. The number of hydrogen-bond acceptors (Lipinski definition) is 6. The zero-order valence-electron chi connectivity index (χ0n) is 21.3. The lowest BCUT2D eigenvalue weighted by molar-refractivity contribution is -0.0437. The molecule has 3 aromatic rings. The summed E-state index contributed by atoms with van der Waals surface area (Å²) < 4.78 is 67.0. The molecule has 0 spiro atoms. The van der Waals surface area contributed by atoms with Gasteiger partial charge in [-0.1, -0.05) is 68.5 Å². The largest absolute Gasteiger partial charge is 0.517 e. The highest BCUT2D eigenvalue weighted by Crippen LogP contribution is 2.33. The highest BCUT2D eigenvalue weighted by Gasteiger charge is 2.52. The first-order valence-electron chi connectivity index (χ1n) is 12.4. The predicted molar refractivity (Wildman–Crippen MR) is 144 cm³/mol. The van der Waals surface area contributed by atoms with Gasteiger partial charge in [0.1, 0.15) is 5.82 Å². The van der Waals surface area contributed by atoms with E-state index in [1.165, 1.54) is 30.3 Å². The van der Waals surface area contributed by atoms with Crippen LogP contribution in [0.15, 0.2) is 48.5 Å². The molecule has 0 saturated carbocycles. The molecule has 13 heteroatoms. The molecular weight excluding hydrogens is 557 g/mol. The number of carbonyl (C=O) groups excluding carboxylic acids is 1. The van der Waals surface area contributed by atoms with Gasteiger partial charge in [0, 0.05) is 18.7 Å². The first-order chi connectivity index (χ1) is 18.4. The maximum Gasteiger partial charge on any atom is 0.517 e. The number of imidazole rings is 1. The van der Waals surface area contributed by atoms with Crippen molar-refractivity contribution in [3.8, 4) is 0 Å². The lowest BCUT2D eigenvalue weighted by Gasteiger charge is -2.24. The first kappa shape index (κ1) is 30.5. The number of nitrogens with zero attached hydrogens (tertiary/aromatic N) is 3. The molecule has 1 amide bonds. The number of aliphatic hydroxyl groups excluding tert-OH is 1. The Morgan fingerprint density at radius 1 is 1.08 bits per heavy atom. The van der Waals surface area contributed by atoms with E-state index in [0.29, 0.717) is 23.5 Å². The van der Waals surface area contributed by atoms with Crippen LogP contribution < -0.4 is 10.0 Å². The number of nitrogens with two attached hydrogens (primary N) is 1. The summed E-state index contributed by atoms with van der Waals surface area (Å²) in [4.78, 5) is 17.4. The fraction of sp³-hybridized carbons (Fsp3) is 0.385. The van der Waals surface area contributed by atoms with Gasteiger partial charge in [0.15, 0.2) is 5.15 Å². The number of aryl methyl sites for hydroxylation is 1. The minimum Gasteiger partial charge on any atom is -0.398 e. The normalized spacial score (nSPS) is 12.1. The van der Waals surface area contributed by atoms with Crippen molar-refractivity contribution in [3.63, 3.8) is 0 Å². The zero-order chi connectivity index (χ0) is 28.8. The Morgan fingerprint density at radius 2 is 1.72 bits per heavy atom. The maximum atomic E-state index is 13.6. The summed E-state index contributed by atoms with van der Waals surface area (Å²) >= 11 is 6.22. The van der Waals surface area contributed by atoms with Crippen LogP contribution in [-0.2, 0) is 29.6 Å². The summed E-state index contributed by atoms with van der Waals surface area (Å²) in [5.74, 6) is -0.784. The van der Waals surface area contributed by atoms with Crippen LogP contribution in [0.5, 0.6) is 0 Å². The average molecular weight is 587 g/mol. The Hall–Kier alpha value is -3.09. The maximum absolute atomic E-state index is 13.6. The molecule has 2 aromatic carbocycles. The second-order valence-electron chi connectivity index (χ2n) is 8.95. The molecule has 212 valence electrons. The fourth-order valence-corrected chi connectivity index (χ4v) is 5.29. The van der Waals surface area contributed by atoms with Crippen molar-refractivity contribution in [2.45, 2.75) is 64.1 Å². The Kier molecular flexibility index (Phi) is 10.0. The highest BCUT2D eigenvalue weighted by molar-refractivity contribution is 7.94. The highest BCUT2D eigenvalue weighted by atomic mass is 35.5. The summed E-state index contributed by atoms with van der Waals surface area (Å²) in [7, 11) is -6.10. The molecule has 3 rings (SSSR count). The molecule has 1 aromatic heterocycles. The van der Waals surface area contributed by atoms with E-state index in [4.69, 9.17) is 17.3 Å². The molecule has 3 N–H and O–H groups in total. The van der Waals surface area contributed by atoms with Gasteiger partial charge in [0.2, 0.25) is 0 Å². The third-order valence-electron chi connectivity index (χ3n) is 6.18. The van der Waals surface area contributed by atoms with Crippen molar-refractivity contribution >= 4 is 38.9 Å². The van der Waals surface area contributed by atoms with Gasteiger partial charge in [-0.3, -0.25) is 4.79 Å². The van der Waals surface area contributed by atoms with Gasteiger partial charge in [-0.05, 0) is 36.2 Å². The van der Waals surface area contributed by atoms with Crippen molar-refractivity contribution in [2.75, 3.05) is 10.0 Å². The van der Waals surface area contributed by atoms with E-state index in [-0.39, 0.29) is 28.3 Å². The number of anilines is 2. The molecule has 0 fully saturated rings. The monoisotopic (exact) mass is 586 g/mol. The van der Waals surface area contributed by atoms with Crippen molar-refractivity contribution in [3.05, 3.63) is 76.3 Å². The van der Waals surface area contributed by atoms with Crippen LogP contribution in [0.4, 0.5) is 24.5 Å². The second-order valence-corrected chi connectivity index (χ2v) is 11.1. The van der Waals surface area contributed by atoms with E-state index >= 15 is 0 Å². The lowest BCUT2D eigenvalue weighted by atomic mass is 10.1. The number of carbonyl (C=O) groups is 1.